The van der Waals surface area contributed by atoms with Gasteiger partial charge in [-0.25, -0.2) is 4.52 Å². The molecule has 1 aromatic carbocycles. The molecule has 0 atom stereocenters. The molecule has 31 heavy (non-hydrogen) atoms. The number of aromatic nitrogens is 4. The van der Waals surface area contributed by atoms with Crippen molar-refractivity contribution >= 4 is 28.7 Å². The number of benzene rings is 1. The first-order valence-electron chi connectivity index (χ1n) is 9.24. The maximum atomic E-state index is 11.6. The second-order valence-corrected chi connectivity index (χ2v) is 7.10. The molecule has 0 aliphatic rings. The van der Waals surface area contributed by atoms with E-state index in [0.717, 1.165) is 11.1 Å². The number of fused-ring (bicyclic) bond motifs is 1. The Kier molecular flexibility index (Phi) is 5.43. The third-order valence-corrected chi connectivity index (χ3v) is 5.09. The summed E-state index contributed by atoms with van der Waals surface area (Å²) in [4.78, 5) is 11.6. The van der Waals surface area contributed by atoms with E-state index in [-0.39, 0.29) is 12.5 Å². The number of carbonyl (C=O) groups excluding carboxylic acids is 1. The van der Waals surface area contributed by atoms with Gasteiger partial charge in [-0.2, -0.15) is 15.5 Å². The van der Waals surface area contributed by atoms with E-state index in [0.29, 0.717) is 33.1 Å². The lowest BCUT2D eigenvalue weighted by molar-refractivity contribution is -0.111. The van der Waals surface area contributed by atoms with E-state index in [1.165, 1.54) is 12.3 Å². The predicted octanol–water partition coefficient (Wildman–Crippen LogP) is 3.96. The summed E-state index contributed by atoms with van der Waals surface area (Å²) in [7, 11) is 1.83. The van der Waals surface area contributed by atoms with E-state index >= 15 is 0 Å². The minimum absolute atomic E-state index is 0.124. The lowest BCUT2D eigenvalue weighted by atomic mass is 10.1. The van der Waals surface area contributed by atoms with Crippen LogP contribution in [-0.2, 0) is 18.4 Å². The van der Waals surface area contributed by atoms with Crippen molar-refractivity contribution in [3.8, 4) is 22.9 Å². The van der Waals surface area contributed by atoms with Crippen LogP contribution in [0.5, 0.6) is 5.75 Å². The second-order valence-electron chi connectivity index (χ2n) is 6.72. The number of hydrogen-bond acceptors (Lipinski definition) is 5. The highest BCUT2D eigenvalue weighted by molar-refractivity contribution is 6.34. The molecule has 4 rings (SSSR count). The third-order valence-electron chi connectivity index (χ3n) is 4.64. The third kappa shape index (κ3) is 3.99. The summed E-state index contributed by atoms with van der Waals surface area (Å²) in [5.74, 6) is 0.121. The molecule has 1 amide bonds. The maximum absolute atomic E-state index is 11.6. The van der Waals surface area contributed by atoms with E-state index < -0.39 is 0 Å². The van der Waals surface area contributed by atoms with Gasteiger partial charge in [-0.05, 0) is 18.2 Å². The molecule has 0 unspecified atom stereocenters. The number of ether oxygens (including phenoxy) is 1. The molecule has 4 aromatic rings. The van der Waals surface area contributed by atoms with Gasteiger partial charge in [0, 0.05) is 36.1 Å². The van der Waals surface area contributed by atoms with Gasteiger partial charge in [0.25, 0.3) is 0 Å². The van der Waals surface area contributed by atoms with Gasteiger partial charge < -0.3 is 10.1 Å². The molecular weight excluding hydrogens is 416 g/mol. The van der Waals surface area contributed by atoms with Crippen LogP contribution in [0.1, 0.15) is 11.1 Å². The minimum atomic E-state index is -0.358. The van der Waals surface area contributed by atoms with Gasteiger partial charge in [-0.3, -0.25) is 9.48 Å². The zero-order valence-electron chi connectivity index (χ0n) is 16.5. The number of nitrogens with zero attached hydrogens (tertiary/aromatic N) is 5. The lowest BCUT2D eigenvalue weighted by Crippen LogP contribution is -2.09. The van der Waals surface area contributed by atoms with Gasteiger partial charge in [0.05, 0.1) is 23.1 Å². The molecule has 0 spiro atoms. The van der Waals surface area contributed by atoms with Crippen LogP contribution in [0.4, 0.5) is 5.69 Å². The maximum Gasteiger partial charge on any atom is 0.247 e. The molecule has 0 saturated carbocycles. The fourth-order valence-corrected chi connectivity index (χ4v) is 3.36. The van der Waals surface area contributed by atoms with Crippen molar-refractivity contribution < 1.29 is 9.53 Å². The second kappa shape index (κ2) is 8.34. The standard InChI is InChI=1S/C22H17ClN6O2/c1-3-20(30)27-18-6-4-5-14(21(18)23)13-31-19-7-15(17-10-25-28(2)11-17)12-29-22(19)16(8-24)9-26-29/h3-7,9-12H,1,13H2,2H3,(H,27,30). The average Bonchev–Trinajstić information content (AvgIpc) is 3.39. The van der Waals surface area contributed by atoms with Crippen molar-refractivity contribution in [1.29, 1.82) is 5.26 Å². The Morgan fingerprint density at radius 1 is 1.32 bits per heavy atom. The molecule has 1 N–H and O–H groups in total. The molecule has 9 heteroatoms. The summed E-state index contributed by atoms with van der Waals surface area (Å²) >= 11 is 6.45. The Hall–Kier alpha value is -4.09. The van der Waals surface area contributed by atoms with Gasteiger partial charge in [0.15, 0.2) is 0 Å². The average molecular weight is 433 g/mol. The van der Waals surface area contributed by atoms with E-state index in [9.17, 15) is 10.1 Å². The minimum Gasteiger partial charge on any atom is -0.487 e. The van der Waals surface area contributed by atoms with Crippen LogP contribution < -0.4 is 10.1 Å². The monoisotopic (exact) mass is 432 g/mol. The smallest absolute Gasteiger partial charge is 0.247 e. The number of pyridine rings is 1. The number of halogens is 1. The van der Waals surface area contributed by atoms with Crippen LogP contribution >= 0.6 is 11.6 Å². The van der Waals surface area contributed by atoms with Crippen LogP contribution in [-0.4, -0.2) is 25.3 Å². The van der Waals surface area contributed by atoms with Crippen LogP contribution in [0, 0.1) is 11.3 Å². The predicted molar refractivity (Wildman–Crippen MR) is 117 cm³/mol. The molecule has 0 saturated heterocycles. The normalized spacial score (nSPS) is 10.6. The fraction of sp³-hybridized carbons (Fsp3) is 0.0909. The Morgan fingerprint density at radius 3 is 2.87 bits per heavy atom. The zero-order chi connectivity index (χ0) is 22.0. The van der Waals surface area contributed by atoms with Crippen molar-refractivity contribution in [2.45, 2.75) is 6.61 Å². The van der Waals surface area contributed by atoms with Crippen LogP contribution in [0.15, 0.2) is 61.7 Å². The van der Waals surface area contributed by atoms with Crippen molar-refractivity contribution in [2.75, 3.05) is 5.32 Å². The first kappa shape index (κ1) is 20.2. The number of nitriles is 1. The Bertz CT molecular complexity index is 1350. The highest BCUT2D eigenvalue weighted by Crippen LogP contribution is 2.32. The van der Waals surface area contributed by atoms with Crippen molar-refractivity contribution in [3.05, 3.63) is 77.9 Å². The van der Waals surface area contributed by atoms with Crippen molar-refractivity contribution in [3.63, 3.8) is 0 Å². The Balaban J connectivity index is 1.70. The molecule has 0 radical (unpaired) electrons. The molecular formula is C22H17ClN6O2. The molecule has 3 heterocycles. The highest BCUT2D eigenvalue weighted by atomic mass is 35.5. The van der Waals surface area contributed by atoms with Crippen molar-refractivity contribution in [2.24, 2.45) is 7.05 Å². The summed E-state index contributed by atoms with van der Waals surface area (Å²) in [5, 5.41) is 21.0. The topological polar surface area (TPSA) is 97.2 Å². The summed E-state index contributed by atoms with van der Waals surface area (Å²) in [6, 6.07) is 9.24. The summed E-state index contributed by atoms with van der Waals surface area (Å²) in [6.45, 7) is 3.56. The largest absolute Gasteiger partial charge is 0.487 e. The van der Waals surface area contributed by atoms with Crippen LogP contribution in [0.25, 0.3) is 16.6 Å². The number of nitrogens with one attached hydrogen (secondary N) is 1. The molecule has 0 aliphatic carbocycles. The van der Waals surface area contributed by atoms with Gasteiger partial charge in [-0.1, -0.05) is 30.3 Å². The van der Waals surface area contributed by atoms with Gasteiger partial charge >= 0.3 is 0 Å². The molecule has 8 nitrogen and oxygen atoms in total. The molecule has 0 bridgehead atoms. The Labute approximate surface area is 182 Å². The van der Waals surface area contributed by atoms with E-state index in [4.69, 9.17) is 16.3 Å². The molecule has 154 valence electrons. The molecule has 3 aromatic heterocycles. The van der Waals surface area contributed by atoms with Crippen LogP contribution in [0.2, 0.25) is 5.02 Å². The van der Waals surface area contributed by atoms with Gasteiger partial charge in [0.1, 0.15) is 29.5 Å². The molecule has 0 fully saturated rings. The number of anilines is 1. The molecule has 0 aliphatic heterocycles. The van der Waals surface area contributed by atoms with Gasteiger partial charge in [0.2, 0.25) is 5.91 Å². The van der Waals surface area contributed by atoms with E-state index in [2.05, 4.69) is 28.2 Å². The summed E-state index contributed by atoms with van der Waals surface area (Å²) in [5.41, 5.74) is 3.81. The van der Waals surface area contributed by atoms with E-state index in [1.54, 1.807) is 33.6 Å². The number of rotatable bonds is 6. The fourth-order valence-electron chi connectivity index (χ4n) is 3.13. The highest BCUT2D eigenvalue weighted by Gasteiger charge is 2.15. The van der Waals surface area contributed by atoms with Crippen LogP contribution in [0.3, 0.4) is 0 Å². The van der Waals surface area contributed by atoms with Gasteiger partial charge in [-0.15, -0.1) is 0 Å². The lowest BCUT2D eigenvalue weighted by Gasteiger charge is -2.13. The summed E-state index contributed by atoms with van der Waals surface area (Å²) in [6.07, 6.45) is 8.10. The number of amides is 1. The Morgan fingerprint density at radius 2 is 2.16 bits per heavy atom. The number of hydrogen-bond donors (Lipinski definition) is 1. The van der Waals surface area contributed by atoms with E-state index in [1.807, 2.05) is 25.5 Å². The summed E-state index contributed by atoms with van der Waals surface area (Å²) < 4.78 is 9.40. The first-order valence-corrected chi connectivity index (χ1v) is 9.62. The SMILES string of the molecule is C=CC(=O)Nc1cccc(COc2cc(-c3cnn(C)c3)cn3ncc(C#N)c23)c1Cl. The quantitative estimate of drug-likeness (QED) is 0.465. The number of aryl methyl sites for hydroxylation is 1. The zero-order valence-corrected chi connectivity index (χ0v) is 17.3. The van der Waals surface area contributed by atoms with Crippen molar-refractivity contribution in [1.82, 2.24) is 19.4 Å². The number of carbonyl (C=O) groups is 1. The first-order chi connectivity index (χ1) is 15.0.